The molecule has 1 aromatic heterocycles. The molecule has 0 radical (unpaired) electrons. The Hall–Kier alpha value is -1.55. The second-order valence-corrected chi connectivity index (χ2v) is 3.74. The third kappa shape index (κ3) is 2.42. The van der Waals surface area contributed by atoms with E-state index in [1.807, 2.05) is 0 Å². The lowest BCUT2D eigenvalue weighted by atomic mass is 10.1. The van der Waals surface area contributed by atoms with E-state index in [1.165, 1.54) is 6.20 Å². The van der Waals surface area contributed by atoms with Crippen LogP contribution in [0.3, 0.4) is 0 Å². The molecule has 0 saturated carbocycles. The van der Waals surface area contributed by atoms with Gasteiger partial charge in [-0.1, -0.05) is 0 Å². The molecule has 0 N–H and O–H groups in total. The van der Waals surface area contributed by atoms with Crippen LogP contribution in [-0.2, 0) is 5.88 Å². The summed E-state index contributed by atoms with van der Waals surface area (Å²) in [5, 5.41) is 0. The van der Waals surface area contributed by atoms with Crippen LogP contribution in [0.25, 0.3) is 11.1 Å². The van der Waals surface area contributed by atoms with Crippen LogP contribution >= 0.6 is 11.6 Å². The molecular weight excluding hydrogens is 251 g/mol. The summed E-state index contributed by atoms with van der Waals surface area (Å²) in [6, 6.07) is 3.49. The summed E-state index contributed by atoms with van der Waals surface area (Å²) in [6.07, 6.45) is 2.98. The molecule has 0 aliphatic heterocycles. The van der Waals surface area contributed by atoms with Gasteiger partial charge in [-0.05, 0) is 29.3 Å². The van der Waals surface area contributed by atoms with E-state index in [-0.39, 0.29) is 11.4 Å². The van der Waals surface area contributed by atoms with E-state index in [9.17, 15) is 13.2 Å². The van der Waals surface area contributed by atoms with Crippen molar-refractivity contribution in [1.82, 2.24) is 4.98 Å². The molecule has 2 aromatic rings. The van der Waals surface area contributed by atoms with Crippen LogP contribution in [0.2, 0.25) is 0 Å². The van der Waals surface area contributed by atoms with Crippen LogP contribution in [0.1, 0.15) is 5.56 Å². The molecule has 88 valence electrons. The zero-order chi connectivity index (χ0) is 12.4. The Bertz CT molecular complexity index is 534. The third-order valence-corrected chi connectivity index (χ3v) is 2.57. The molecule has 0 unspecified atom stereocenters. The number of alkyl halides is 1. The highest BCUT2D eigenvalue weighted by atomic mass is 35.5. The minimum absolute atomic E-state index is 0.223. The van der Waals surface area contributed by atoms with Gasteiger partial charge in [0, 0.05) is 23.8 Å². The average Bonchev–Trinajstić information content (AvgIpc) is 2.35. The van der Waals surface area contributed by atoms with E-state index in [0.29, 0.717) is 11.1 Å². The molecule has 5 heteroatoms. The Labute approximate surface area is 101 Å². The number of rotatable bonds is 2. The van der Waals surface area contributed by atoms with Gasteiger partial charge in [0.2, 0.25) is 0 Å². The van der Waals surface area contributed by atoms with Gasteiger partial charge in [0.1, 0.15) is 0 Å². The van der Waals surface area contributed by atoms with Crippen molar-refractivity contribution in [2.24, 2.45) is 0 Å². The van der Waals surface area contributed by atoms with E-state index in [2.05, 4.69) is 4.98 Å². The lowest BCUT2D eigenvalue weighted by Gasteiger charge is -2.04. The van der Waals surface area contributed by atoms with E-state index < -0.39 is 17.5 Å². The highest BCUT2D eigenvalue weighted by Crippen LogP contribution is 2.24. The fourth-order valence-electron chi connectivity index (χ4n) is 1.44. The summed E-state index contributed by atoms with van der Waals surface area (Å²) < 4.78 is 38.9. The van der Waals surface area contributed by atoms with E-state index in [0.717, 1.165) is 12.1 Å². The van der Waals surface area contributed by atoms with Crippen LogP contribution in [0.4, 0.5) is 13.2 Å². The normalized spacial score (nSPS) is 10.6. The Balaban J connectivity index is 2.52. The average molecular weight is 258 g/mol. The standard InChI is InChI=1S/C12H7ClF3N/c13-4-7-1-9(6-17-5-7)8-2-10(14)12(16)11(15)3-8/h1-3,5-6H,4H2. The predicted octanol–water partition coefficient (Wildman–Crippen LogP) is 3.90. The first-order valence-corrected chi connectivity index (χ1v) is 5.30. The van der Waals surface area contributed by atoms with Crippen molar-refractivity contribution in [3.8, 4) is 11.1 Å². The summed E-state index contributed by atoms with van der Waals surface area (Å²) in [5.41, 5.74) is 1.43. The second-order valence-electron chi connectivity index (χ2n) is 3.47. The molecule has 0 atom stereocenters. The fourth-order valence-corrected chi connectivity index (χ4v) is 1.59. The molecule has 0 aliphatic carbocycles. The first-order chi connectivity index (χ1) is 8.11. The summed E-state index contributed by atoms with van der Waals surface area (Å²) in [7, 11) is 0. The van der Waals surface area contributed by atoms with Gasteiger partial charge in [-0.2, -0.15) is 0 Å². The molecule has 1 nitrogen and oxygen atoms in total. The monoisotopic (exact) mass is 257 g/mol. The Kier molecular flexibility index (Phi) is 3.33. The summed E-state index contributed by atoms with van der Waals surface area (Å²) in [4.78, 5) is 3.89. The van der Waals surface area contributed by atoms with Crippen LogP contribution < -0.4 is 0 Å². The number of benzene rings is 1. The fraction of sp³-hybridized carbons (Fsp3) is 0.0833. The quantitative estimate of drug-likeness (QED) is 0.587. The van der Waals surface area contributed by atoms with Crippen molar-refractivity contribution in [2.45, 2.75) is 5.88 Å². The number of aromatic nitrogens is 1. The molecule has 0 fully saturated rings. The molecule has 0 amide bonds. The summed E-state index contributed by atoms with van der Waals surface area (Å²) in [5.74, 6) is -3.68. The number of hydrogen-bond donors (Lipinski definition) is 0. The highest BCUT2D eigenvalue weighted by molar-refractivity contribution is 6.17. The maximum absolute atomic E-state index is 13.0. The van der Waals surface area contributed by atoms with Crippen LogP contribution in [-0.4, -0.2) is 4.98 Å². The first-order valence-electron chi connectivity index (χ1n) is 4.76. The largest absolute Gasteiger partial charge is 0.264 e. The van der Waals surface area contributed by atoms with Gasteiger partial charge in [-0.15, -0.1) is 11.6 Å². The topological polar surface area (TPSA) is 12.9 Å². The van der Waals surface area contributed by atoms with Gasteiger partial charge in [-0.25, -0.2) is 13.2 Å². The zero-order valence-corrected chi connectivity index (χ0v) is 9.31. The maximum Gasteiger partial charge on any atom is 0.194 e. The van der Waals surface area contributed by atoms with Crippen molar-refractivity contribution in [1.29, 1.82) is 0 Å². The molecule has 2 rings (SSSR count). The van der Waals surface area contributed by atoms with Gasteiger partial charge < -0.3 is 0 Å². The van der Waals surface area contributed by atoms with E-state index in [1.54, 1.807) is 12.3 Å². The number of halogens is 4. The minimum Gasteiger partial charge on any atom is -0.264 e. The second kappa shape index (κ2) is 4.75. The van der Waals surface area contributed by atoms with E-state index >= 15 is 0 Å². The highest BCUT2D eigenvalue weighted by Gasteiger charge is 2.11. The zero-order valence-electron chi connectivity index (χ0n) is 8.55. The minimum atomic E-state index is -1.48. The van der Waals surface area contributed by atoms with Gasteiger partial charge in [0.15, 0.2) is 17.5 Å². The maximum atomic E-state index is 13.0. The van der Waals surface area contributed by atoms with Crippen molar-refractivity contribution in [3.05, 3.63) is 53.6 Å². The molecule has 0 aliphatic rings. The molecule has 17 heavy (non-hydrogen) atoms. The molecule has 0 spiro atoms. The predicted molar refractivity (Wildman–Crippen MR) is 59.1 cm³/mol. The Morgan fingerprint density at radius 3 is 2.18 bits per heavy atom. The van der Waals surface area contributed by atoms with Crippen LogP contribution in [0.15, 0.2) is 30.6 Å². The van der Waals surface area contributed by atoms with Crippen molar-refractivity contribution < 1.29 is 13.2 Å². The summed E-state index contributed by atoms with van der Waals surface area (Å²) in [6.45, 7) is 0. The van der Waals surface area contributed by atoms with Gasteiger partial charge in [0.25, 0.3) is 0 Å². The van der Waals surface area contributed by atoms with Crippen molar-refractivity contribution in [2.75, 3.05) is 0 Å². The van der Waals surface area contributed by atoms with Gasteiger partial charge >= 0.3 is 0 Å². The SMILES string of the molecule is Fc1cc(-c2cncc(CCl)c2)cc(F)c1F. The number of hydrogen-bond acceptors (Lipinski definition) is 1. The smallest absolute Gasteiger partial charge is 0.194 e. The Morgan fingerprint density at radius 2 is 1.59 bits per heavy atom. The molecule has 0 bridgehead atoms. The molecule has 0 saturated heterocycles. The lowest BCUT2D eigenvalue weighted by Crippen LogP contribution is -1.92. The third-order valence-electron chi connectivity index (χ3n) is 2.27. The summed E-state index contributed by atoms with van der Waals surface area (Å²) >= 11 is 5.63. The van der Waals surface area contributed by atoms with Crippen LogP contribution in [0.5, 0.6) is 0 Å². The number of pyridine rings is 1. The van der Waals surface area contributed by atoms with E-state index in [4.69, 9.17) is 11.6 Å². The first kappa shape index (κ1) is 11.9. The van der Waals surface area contributed by atoms with Crippen LogP contribution in [0, 0.1) is 17.5 Å². The molecule has 1 heterocycles. The van der Waals surface area contributed by atoms with Crippen molar-refractivity contribution in [3.63, 3.8) is 0 Å². The number of nitrogens with zero attached hydrogens (tertiary/aromatic N) is 1. The van der Waals surface area contributed by atoms with Gasteiger partial charge in [-0.3, -0.25) is 4.98 Å². The molecular formula is C12H7ClF3N. The Morgan fingerprint density at radius 1 is 0.941 bits per heavy atom. The lowest BCUT2D eigenvalue weighted by molar-refractivity contribution is 0.447. The molecule has 1 aromatic carbocycles. The van der Waals surface area contributed by atoms with Gasteiger partial charge in [0.05, 0.1) is 0 Å². The van der Waals surface area contributed by atoms with Crippen molar-refractivity contribution >= 4 is 11.6 Å².